The third-order valence-corrected chi connectivity index (χ3v) is 5.22. The number of aliphatic imine (C=N–C) groups is 1. The van der Waals surface area contributed by atoms with Crippen LogP contribution < -0.4 is 14.4 Å². The van der Waals surface area contributed by atoms with Gasteiger partial charge in [0, 0.05) is 19.2 Å². The van der Waals surface area contributed by atoms with Crippen molar-refractivity contribution in [2.75, 3.05) is 37.3 Å². The van der Waals surface area contributed by atoms with Crippen LogP contribution in [-0.2, 0) is 16.4 Å². The van der Waals surface area contributed by atoms with Crippen molar-refractivity contribution in [2.24, 2.45) is 10.9 Å². The number of rotatable bonds is 8. The van der Waals surface area contributed by atoms with Gasteiger partial charge < -0.3 is 10.1 Å². The molecule has 0 aromatic heterocycles. The standard InChI is InChI=1S/C17H27N3O3S/c1-13(2)8-9-14-15(20(3)24(4,21)22)6-5-7-16(14)23-12-17-18-10-11-19-17/h5-7,13H,8-12H2,1-4H3,(H,18,19). The second-order valence-corrected chi connectivity index (χ2v) is 8.47. The molecule has 0 fully saturated rings. The maximum absolute atomic E-state index is 12.0. The summed E-state index contributed by atoms with van der Waals surface area (Å²) >= 11 is 0. The molecule has 0 spiro atoms. The molecule has 0 atom stereocenters. The first-order valence-corrected chi connectivity index (χ1v) is 10.1. The average molecular weight is 353 g/mol. The summed E-state index contributed by atoms with van der Waals surface area (Å²) in [6, 6.07) is 5.55. The summed E-state index contributed by atoms with van der Waals surface area (Å²) in [6.07, 6.45) is 2.94. The van der Waals surface area contributed by atoms with Crippen molar-refractivity contribution in [1.29, 1.82) is 0 Å². The third kappa shape index (κ3) is 4.87. The van der Waals surface area contributed by atoms with Gasteiger partial charge in [-0.3, -0.25) is 9.30 Å². The highest BCUT2D eigenvalue weighted by molar-refractivity contribution is 7.92. The third-order valence-electron chi connectivity index (χ3n) is 4.02. The fourth-order valence-electron chi connectivity index (χ4n) is 2.54. The minimum Gasteiger partial charge on any atom is -0.485 e. The molecule has 2 rings (SSSR count). The lowest BCUT2D eigenvalue weighted by Crippen LogP contribution is -2.27. The van der Waals surface area contributed by atoms with Crippen LogP contribution >= 0.6 is 0 Å². The number of nitrogens with zero attached hydrogens (tertiary/aromatic N) is 2. The van der Waals surface area contributed by atoms with Gasteiger partial charge in [-0.25, -0.2) is 8.42 Å². The van der Waals surface area contributed by atoms with Crippen molar-refractivity contribution in [1.82, 2.24) is 5.32 Å². The molecule has 0 saturated heterocycles. The molecule has 1 heterocycles. The lowest BCUT2D eigenvalue weighted by atomic mass is 10.0. The normalized spacial score (nSPS) is 14.5. The van der Waals surface area contributed by atoms with Crippen LogP contribution in [0.3, 0.4) is 0 Å². The molecule has 1 aromatic rings. The van der Waals surface area contributed by atoms with Crippen LogP contribution in [-0.4, -0.2) is 47.3 Å². The molecule has 1 aromatic carbocycles. The van der Waals surface area contributed by atoms with E-state index in [-0.39, 0.29) is 0 Å². The molecule has 1 aliphatic heterocycles. The maximum atomic E-state index is 12.0. The van der Waals surface area contributed by atoms with Crippen molar-refractivity contribution in [3.05, 3.63) is 23.8 Å². The highest BCUT2D eigenvalue weighted by Gasteiger charge is 2.19. The minimum atomic E-state index is -3.32. The summed E-state index contributed by atoms with van der Waals surface area (Å²) in [4.78, 5) is 4.33. The van der Waals surface area contributed by atoms with Crippen LogP contribution in [0.2, 0.25) is 0 Å². The van der Waals surface area contributed by atoms with Gasteiger partial charge in [0.25, 0.3) is 0 Å². The molecule has 0 aliphatic carbocycles. The fourth-order valence-corrected chi connectivity index (χ4v) is 3.07. The molecule has 0 unspecified atom stereocenters. The van der Waals surface area contributed by atoms with Crippen LogP contribution in [0.5, 0.6) is 5.75 Å². The highest BCUT2D eigenvalue weighted by Crippen LogP contribution is 2.32. The van der Waals surface area contributed by atoms with E-state index in [0.717, 1.165) is 43.1 Å². The monoisotopic (exact) mass is 353 g/mol. The van der Waals surface area contributed by atoms with Crippen LogP contribution in [0.4, 0.5) is 5.69 Å². The smallest absolute Gasteiger partial charge is 0.232 e. The lowest BCUT2D eigenvalue weighted by Gasteiger charge is -2.23. The summed E-state index contributed by atoms with van der Waals surface area (Å²) in [6.45, 7) is 6.30. The lowest BCUT2D eigenvalue weighted by molar-refractivity contribution is 0.368. The van der Waals surface area contributed by atoms with E-state index in [1.54, 1.807) is 7.05 Å². The van der Waals surface area contributed by atoms with Crippen LogP contribution in [0.25, 0.3) is 0 Å². The van der Waals surface area contributed by atoms with E-state index in [0.29, 0.717) is 18.2 Å². The largest absolute Gasteiger partial charge is 0.485 e. The topological polar surface area (TPSA) is 71.0 Å². The van der Waals surface area contributed by atoms with Gasteiger partial charge in [0.1, 0.15) is 18.2 Å². The predicted octanol–water partition coefficient (Wildman–Crippen LogP) is 2.05. The number of hydrogen-bond acceptors (Lipinski definition) is 5. The van der Waals surface area contributed by atoms with Gasteiger partial charge in [-0.1, -0.05) is 19.9 Å². The van der Waals surface area contributed by atoms with Crippen molar-refractivity contribution < 1.29 is 13.2 Å². The number of sulfonamides is 1. The minimum absolute atomic E-state index is 0.376. The van der Waals surface area contributed by atoms with Crippen molar-refractivity contribution in [3.63, 3.8) is 0 Å². The first kappa shape index (κ1) is 18.6. The SMILES string of the molecule is CC(C)CCc1c(OCC2=NCCN2)cccc1N(C)S(C)(=O)=O. The molecule has 0 bridgehead atoms. The molecule has 7 heteroatoms. The fraction of sp³-hybridized carbons (Fsp3) is 0.588. The van der Waals surface area contributed by atoms with Gasteiger partial charge >= 0.3 is 0 Å². The Bertz CT molecular complexity index is 699. The summed E-state index contributed by atoms with van der Waals surface area (Å²) < 4.78 is 31.2. The van der Waals surface area contributed by atoms with E-state index in [2.05, 4.69) is 24.2 Å². The molecule has 1 N–H and O–H groups in total. The number of nitrogens with one attached hydrogen (secondary N) is 1. The Balaban J connectivity index is 2.30. The Labute approximate surface area is 145 Å². The first-order chi connectivity index (χ1) is 11.3. The summed E-state index contributed by atoms with van der Waals surface area (Å²) in [5.41, 5.74) is 1.61. The molecule has 24 heavy (non-hydrogen) atoms. The Morgan fingerprint density at radius 3 is 2.71 bits per heavy atom. The first-order valence-electron chi connectivity index (χ1n) is 8.25. The summed E-state index contributed by atoms with van der Waals surface area (Å²) in [5, 5.41) is 3.18. The number of amidine groups is 1. The van der Waals surface area contributed by atoms with Crippen molar-refractivity contribution in [3.8, 4) is 5.75 Å². The van der Waals surface area contributed by atoms with E-state index in [1.165, 1.54) is 10.6 Å². The number of ether oxygens (including phenoxy) is 1. The van der Waals surface area contributed by atoms with E-state index < -0.39 is 10.0 Å². The average Bonchev–Trinajstić information content (AvgIpc) is 3.02. The Kier molecular flexibility index (Phi) is 6.10. The molecule has 134 valence electrons. The molecule has 0 amide bonds. The molecule has 0 radical (unpaired) electrons. The van der Waals surface area contributed by atoms with Crippen LogP contribution in [0.1, 0.15) is 25.8 Å². The number of hydrogen-bond donors (Lipinski definition) is 1. The van der Waals surface area contributed by atoms with Crippen LogP contribution in [0, 0.1) is 5.92 Å². The van der Waals surface area contributed by atoms with E-state index in [9.17, 15) is 8.42 Å². The van der Waals surface area contributed by atoms with E-state index in [1.807, 2.05) is 18.2 Å². The zero-order valence-corrected chi connectivity index (χ0v) is 15.7. The van der Waals surface area contributed by atoms with Gasteiger partial charge in [-0.05, 0) is 30.9 Å². The quantitative estimate of drug-likeness (QED) is 0.776. The molecular weight excluding hydrogens is 326 g/mol. The van der Waals surface area contributed by atoms with Gasteiger partial charge in [0.2, 0.25) is 10.0 Å². The van der Waals surface area contributed by atoms with Crippen molar-refractivity contribution >= 4 is 21.5 Å². The summed E-state index contributed by atoms with van der Waals surface area (Å²) in [5.74, 6) is 2.09. The second-order valence-electron chi connectivity index (χ2n) is 6.46. The predicted molar refractivity (Wildman–Crippen MR) is 98.6 cm³/mol. The van der Waals surface area contributed by atoms with Gasteiger partial charge in [0.15, 0.2) is 0 Å². The molecule has 1 aliphatic rings. The highest BCUT2D eigenvalue weighted by atomic mass is 32.2. The number of benzene rings is 1. The van der Waals surface area contributed by atoms with Crippen molar-refractivity contribution in [2.45, 2.75) is 26.7 Å². The second kappa shape index (κ2) is 7.88. The maximum Gasteiger partial charge on any atom is 0.232 e. The Morgan fingerprint density at radius 1 is 1.38 bits per heavy atom. The Hall–Kier alpha value is -1.76. The van der Waals surface area contributed by atoms with Gasteiger partial charge in [-0.15, -0.1) is 0 Å². The molecular formula is C17H27N3O3S. The summed E-state index contributed by atoms with van der Waals surface area (Å²) in [7, 11) is -1.74. The van der Waals surface area contributed by atoms with Crippen LogP contribution in [0.15, 0.2) is 23.2 Å². The molecule has 0 saturated carbocycles. The van der Waals surface area contributed by atoms with E-state index in [4.69, 9.17) is 4.74 Å². The van der Waals surface area contributed by atoms with E-state index >= 15 is 0 Å². The van der Waals surface area contributed by atoms with Gasteiger partial charge in [-0.2, -0.15) is 0 Å². The Morgan fingerprint density at radius 2 is 2.12 bits per heavy atom. The zero-order chi connectivity index (χ0) is 17.7. The van der Waals surface area contributed by atoms with Gasteiger partial charge in [0.05, 0.1) is 18.5 Å². The molecule has 6 nitrogen and oxygen atoms in total. The zero-order valence-electron chi connectivity index (χ0n) is 14.9. The number of anilines is 1.